The van der Waals surface area contributed by atoms with Crippen LogP contribution in [0.15, 0.2) is 54.9 Å². The van der Waals surface area contributed by atoms with Gasteiger partial charge in [-0.05, 0) is 42.8 Å². The van der Waals surface area contributed by atoms with Gasteiger partial charge in [-0.1, -0.05) is 17.7 Å². The summed E-state index contributed by atoms with van der Waals surface area (Å²) in [6.45, 7) is 2.93. The molecular weight excluding hydrogens is 378 g/mol. The van der Waals surface area contributed by atoms with Gasteiger partial charge in [0.2, 0.25) is 0 Å². The van der Waals surface area contributed by atoms with E-state index in [0.717, 1.165) is 17.0 Å². The predicted molar refractivity (Wildman–Crippen MR) is 109 cm³/mol. The third-order valence-corrected chi connectivity index (χ3v) is 4.76. The fourth-order valence-electron chi connectivity index (χ4n) is 2.86. The van der Waals surface area contributed by atoms with E-state index in [0.29, 0.717) is 40.9 Å². The highest BCUT2D eigenvalue weighted by atomic mass is 35.5. The summed E-state index contributed by atoms with van der Waals surface area (Å²) < 4.78 is 11.1. The van der Waals surface area contributed by atoms with Crippen LogP contribution in [0.3, 0.4) is 0 Å². The van der Waals surface area contributed by atoms with Gasteiger partial charge >= 0.3 is 0 Å². The van der Waals surface area contributed by atoms with E-state index >= 15 is 0 Å². The molecule has 0 spiro atoms. The standard InChI is InChI=1S/C21H18ClN3O3/c1-13-17(22)3-2-4-18(13)25-21(26)14-9-16(12-23-11-14)24-15-5-6-19-20(10-15)28-8-7-27-19/h2-6,9-12,24H,7-8H2,1H3,(H,25,26). The topological polar surface area (TPSA) is 72.5 Å². The second-order valence-electron chi connectivity index (χ2n) is 6.31. The maximum absolute atomic E-state index is 12.6. The Morgan fingerprint density at radius 1 is 1.04 bits per heavy atom. The number of pyridine rings is 1. The summed E-state index contributed by atoms with van der Waals surface area (Å²) in [5, 5.41) is 6.71. The molecule has 2 aromatic carbocycles. The van der Waals surface area contributed by atoms with Gasteiger partial charge in [-0.25, -0.2) is 0 Å². The van der Waals surface area contributed by atoms with E-state index < -0.39 is 0 Å². The van der Waals surface area contributed by atoms with Crippen molar-refractivity contribution in [2.24, 2.45) is 0 Å². The van der Waals surface area contributed by atoms with Crippen LogP contribution in [-0.4, -0.2) is 24.1 Å². The van der Waals surface area contributed by atoms with Gasteiger partial charge in [0.15, 0.2) is 11.5 Å². The van der Waals surface area contributed by atoms with Gasteiger partial charge in [-0.3, -0.25) is 9.78 Å². The first kappa shape index (κ1) is 18.1. The number of aromatic nitrogens is 1. The number of anilines is 3. The summed E-state index contributed by atoms with van der Waals surface area (Å²) in [5.74, 6) is 1.15. The average Bonchev–Trinajstić information content (AvgIpc) is 2.71. The van der Waals surface area contributed by atoms with Gasteiger partial charge < -0.3 is 20.1 Å². The molecule has 6 nitrogen and oxygen atoms in total. The van der Waals surface area contributed by atoms with Crippen LogP contribution >= 0.6 is 11.6 Å². The van der Waals surface area contributed by atoms with Crippen molar-refractivity contribution in [2.45, 2.75) is 6.92 Å². The van der Waals surface area contributed by atoms with Gasteiger partial charge in [0, 0.05) is 28.7 Å². The Morgan fingerprint density at radius 3 is 2.71 bits per heavy atom. The number of rotatable bonds is 4. The van der Waals surface area contributed by atoms with Crippen LogP contribution in [0.5, 0.6) is 11.5 Å². The van der Waals surface area contributed by atoms with Crippen LogP contribution in [-0.2, 0) is 0 Å². The summed E-state index contributed by atoms with van der Waals surface area (Å²) in [6, 6.07) is 12.7. The first-order valence-electron chi connectivity index (χ1n) is 8.78. The average molecular weight is 396 g/mol. The third-order valence-electron chi connectivity index (χ3n) is 4.35. The fraction of sp³-hybridized carbons (Fsp3) is 0.143. The summed E-state index contributed by atoms with van der Waals surface area (Å²) >= 11 is 6.12. The van der Waals surface area contributed by atoms with Crippen LogP contribution in [0, 0.1) is 6.92 Å². The Hall–Kier alpha value is -3.25. The van der Waals surface area contributed by atoms with E-state index in [1.54, 1.807) is 24.4 Å². The van der Waals surface area contributed by atoms with Crippen molar-refractivity contribution in [3.05, 3.63) is 71.0 Å². The summed E-state index contributed by atoms with van der Waals surface area (Å²) in [6.07, 6.45) is 3.17. The van der Waals surface area contributed by atoms with E-state index in [1.807, 2.05) is 31.2 Å². The molecule has 2 N–H and O–H groups in total. The molecule has 0 fully saturated rings. The lowest BCUT2D eigenvalue weighted by Gasteiger charge is -2.19. The molecule has 0 saturated heterocycles. The molecular formula is C21H18ClN3O3. The van der Waals surface area contributed by atoms with Crippen molar-refractivity contribution in [1.29, 1.82) is 0 Å². The Bertz CT molecular complexity index is 1040. The summed E-state index contributed by atoms with van der Waals surface area (Å²) in [4.78, 5) is 16.8. The molecule has 142 valence electrons. The Kier molecular flexibility index (Phi) is 5.04. The van der Waals surface area contributed by atoms with Crippen LogP contribution in [0.2, 0.25) is 5.02 Å². The third kappa shape index (κ3) is 3.87. The molecule has 28 heavy (non-hydrogen) atoms. The Labute approximate surface area is 167 Å². The summed E-state index contributed by atoms with van der Waals surface area (Å²) in [5.41, 5.74) is 3.42. The van der Waals surface area contributed by atoms with Crippen molar-refractivity contribution in [3.8, 4) is 11.5 Å². The SMILES string of the molecule is Cc1c(Cl)cccc1NC(=O)c1cncc(Nc2ccc3c(c2)OCCO3)c1. The number of hydrogen-bond acceptors (Lipinski definition) is 5. The van der Waals surface area contributed by atoms with Crippen molar-refractivity contribution >= 4 is 34.6 Å². The van der Waals surface area contributed by atoms with Crippen molar-refractivity contribution < 1.29 is 14.3 Å². The van der Waals surface area contributed by atoms with E-state index in [2.05, 4.69) is 15.6 Å². The molecule has 0 bridgehead atoms. The van der Waals surface area contributed by atoms with E-state index in [-0.39, 0.29) is 5.91 Å². The van der Waals surface area contributed by atoms with E-state index in [4.69, 9.17) is 21.1 Å². The highest BCUT2D eigenvalue weighted by molar-refractivity contribution is 6.31. The smallest absolute Gasteiger partial charge is 0.257 e. The molecule has 0 saturated carbocycles. The fourth-order valence-corrected chi connectivity index (χ4v) is 3.03. The minimum absolute atomic E-state index is 0.260. The number of amides is 1. The maximum atomic E-state index is 12.6. The molecule has 4 rings (SSSR count). The number of nitrogens with zero attached hydrogens (tertiary/aromatic N) is 1. The van der Waals surface area contributed by atoms with Crippen LogP contribution in [0.1, 0.15) is 15.9 Å². The zero-order valence-corrected chi connectivity index (χ0v) is 15.9. The quantitative estimate of drug-likeness (QED) is 0.663. The van der Waals surface area contributed by atoms with Gasteiger partial charge in [-0.2, -0.15) is 0 Å². The molecule has 2 heterocycles. The van der Waals surface area contributed by atoms with Crippen LogP contribution in [0.25, 0.3) is 0 Å². The maximum Gasteiger partial charge on any atom is 0.257 e. The van der Waals surface area contributed by atoms with Crippen LogP contribution < -0.4 is 20.1 Å². The highest BCUT2D eigenvalue weighted by Gasteiger charge is 2.13. The zero-order valence-electron chi connectivity index (χ0n) is 15.2. The first-order valence-corrected chi connectivity index (χ1v) is 9.16. The van der Waals surface area contributed by atoms with Crippen molar-refractivity contribution in [3.63, 3.8) is 0 Å². The van der Waals surface area contributed by atoms with Crippen molar-refractivity contribution in [2.75, 3.05) is 23.8 Å². The molecule has 0 radical (unpaired) electrons. The number of benzene rings is 2. The number of nitrogens with one attached hydrogen (secondary N) is 2. The Balaban J connectivity index is 1.51. The molecule has 7 heteroatoms. The number of ether oxygens (including phenoxy) is 2. The second kappa shape index (κ2) is 7.78. The van der Waals surface area contributed by atoms with Crippen LogP contribution in [0.4, 0.5) is 17.1 Å². The molecule has 1 aliphatic heterocycles. The lowest BCUT2D eigenvalue weighted by atomic mass is 10.2. The molecule has 0 atom stereocenters. The largest absolute Gasteiger partial charge is 0.486 e. The minimum atomic E-state index is -0.260. The molecule has 1 amide bonds. The predicted octanol–water partition coefficient (Wildman–Crippen LogP) is 4.81. The van der Waals surface area contributed by atoms with Crippen molar-refractivity contribution in [1.82, 2.24) is 4.98 Å². The summed E-state index contributed by atoms with van der Waals surface area (Å²) in [7, 11) is 0. The molecule has 3 aromatic rings. The zero-order chi connectivity index (χ0) is 19.5. The van der Waals surface area contributed by atoms with Gasteiger partial charge in [0.05, 0.1) is 17.4 Å². The molecule has 1 aliphatic rings. The number of fused-ring (bicyclic) bond motifs is 1. The lowest BCUT2D eigenvalue weighted by Crippen LogP contribution is -2.15. The first-order chi connectivity index (χ1) is 13.6. The normalized spacial score (nSPS) is 12.4. The molecule has 0 aliphatic carbocycles. The highest BCUT2D eigenvalue weighted by Crippen LogP contribution is 2.33. The Morgan fingerprint density at radius 2 is 1.86 bits per heavy atom. The molecule has 1 aromatic heterocycles. The number of halogens is 1. The van der Waals surface area contributed by atoms with E-state index in [1.165, 1.54) is 6.20 Å². The van der Waals surface area contributed by atoms with E-state index in [9.17, 15) is 4.79 Å². The second-order valence-corrected chi connectivity index (χ2v) is 6.72. The lowest BCUT2D eigenvalue weighted by molar-refractivity contribution is 0.102. The number of hydrogen-bond donors (Lipinski definition) is 2. The monoisotopic (exact) mass is 395 g/mol. The van der Waals surface area contributed by atoms with Gasteiger partial charge in [0.1, 0.15) is 13.2 Å². The van der Waals surface area contributed by atoms with Gasteiger partial charge in [-0.15, -0.1) is 0 Å². The minimum Gasteiger partial charge on any atom is -0.486 e. The number of carbonyl (C=O) groups is 1. The van der Waals surface area contributed by atoms with Gasteiger partial charge in [0.25, 0.3) is 5.91 Å². The number of carbonyl (C=O) groups excluding carboxylic acids is 1. The molecule has 0 unspecified atom stereocenters.